The zero-order chi connectivity index (χ0) is 16.2. The molecular weight excluding hydrogens is 318 g/mol. The van der Waals surface area contributed by atoms with Gasteiger partial charge < -0.3 is 5.32 Å². The molecule has 0 spiro atoms. The molecule has 0 saturated heterocycles. The number of hydrogen-bond donors (Lipinski definition) is 1. The van der Waals surface area contributed by atoms with Crippen LogP contribution in [0.1, 0.15) is 29.1 Å². The Labute approximate surface area is 136 Å². The third kappa shape index (κ3) is 3.61. The predicted octanol–water partition coefficient (Wildman–Crippen LogP) is 4.24. The van der Waals surface area contributed by atoms with Crippen molar-refractivity contribution in [2.45, 2.75) is 26.2 Å². The minimum absolute atomic E-state index is 0.443. The quantitative estimate of drug-likeness (QED) is 0.732. The van der Waals surface area contributed by atoms with Gasteiger partial charge in [-0.1, -0.05) is 19.1 Å². The molecule has 2 heterocycles. The third-order valence-electron chi connectivity index (χ3n) is 3.40. The Morgan fingerprint density at radius 3 is 2.78 bits per heavy atom. The van der Waals surface area contributed by atoms with E-state index in [2.05, 4.69) is 27.2 Å². The van der Waals surface area contributed by atoms with Crippen LogP contribution in [0.3, 0.4) is 0 Å². The molecule has 120 valence electrons. The molecule has 23 heavy (non-hydrogen) atoms. The number of aromatic nitrogens is 3. The lowest BCUT2D eigenvalue weighted by atomic mass is 10.2. The molecule has 0 aliphatic rings. The molecule has 0 aliphatic carbocycles. The number of nitrogens with one attached hydrogen (secondary N) is 1. The Morgan fingerprint density at radius 1 is 1.22 bits per heavy atom. The van der Waals surface area contributed by atoms with E-state index in [-0.39, 0.29) is 0 Å². The van der Waals surface area contributed by atoms with Crippen LogP contribution in [0, 0.1) is 0 Å². The lowest BCUT2D eigenvalue weighted by molar-refractivity contribution is 0.141. The van der Waals surface area contributed by atoms with Crippen LogP contribution in [0.2, 0.25) is 0 Å². The van der Waals surface area contributed by atoms with Gasteiger partial charge in [0.25, 0.3) is 6.43 Å². The van der Waals surface area contributed by atoms with Crippen LogP contribution in [-0.4, -0.2) is 21.5 Å². The summed E-state index contributed by atoms with van der Waals surface area (Å²) in [6, 6.07) is 7.15. The number of nitrogens with zero attached hydrogens (tertiary/aromatic N) is 3. The van der Waals surface area contributed by atoms with Crippen LogP contribution in [0.5, 0.6) is 0 Å². The van der Waals surface area contributed by atoms with Gasteiger partial charge in [-0.2, -0.15) is 0 Å². The number of para-hydroxylation sites is 1. The molecule has 1 N–H and O–H groups in total. The second-order valence-electron chi connectivity index (χ2n) is 5.00. The number of hydrogen-bond acceptors (Lipinski definition) is 5. The van der Waals surface area contributed by atoms with Gasteiger partial charge >= 0.3 is 0 Å². The van der Waals surface area contributed by atoms with Crippen molar-refractivity contribution in [2.75, 3.05) is 11.9 Å². The first-order valence-electron chi connectivity index (χ1n) is 7.39. The van der Waals surface area contributed by atoms with Gasteiger partial charge in [0.2, 0.25) is 0 Å². The van der Waals surface area contributed by atoms with Gasteiger partial charge in [-0.05, 0) is 18.6 Å². The Balaban J connectivity index is 1.78. The molecule has 7 heteroatoms. The molecule has 0 saturated carbocycles. The van der Waals surface area contributed by atoms with E-state index in [1.54, 1.807) is 23.5 Å². The topological polar surface area (TPSA) is 50.7 Å². The van der Waals surface area contributed by atoms with Gasteiger partial charge in [0.15, 0.2) is 5.82 Å². The maximum absolute atomic E-state index is 12.9. The minimum Gasteiger partial charge on any atom is -0.369 e. The van der Waals surface area contributed by atoms with E-state index in [0.29, 0.717) is 17.9 Å². The summed E-state index contributed by atoms with van der Waals surface area (Å²) in [6.07, 6.45) is 0.896. The number of benzene rings is 1. The van der Waals surface area contributed by atoms with Crippen molar-refractivity contribution in [1.82, 2.24) is 15.0 Å². The van der Waals surface area contributed by atoms with Crippen LogP contribution in [-0.2, 0) is 12.8 Å². The van der Waals surface area contributed by atoms with Gasteiger partial charge in [-0.15, -0.1) is 11.3 Å². The van der Waals surface area contributed by atoms with Crippen molar-refractivity contribution in [1.29, 1.82) is 0 Å². The Bertz CT molecular complexity index is 804. The highest BCUT2D eigenvalue weighted by atomic mass is 32.1. The largest absolute Gasteiger partial charge is 0.369 e. The maximum atomic E-state index is 12.9. The van der Waals surface area contributed by atoms with Crippen LogP contribution >= 0.6 is 11.3 Å². The average molecular weight is 334 g/mol. The number of halogens is 2. The molecule has 3 aromatic rings. The van der Waals surface area contributed by atoms with Gasteiger partial charge in [0, 0.05) is 29.4 Å². The summed E-state index contributed by atoms with van der Waals surface area (Å²) in [5.41, 5.74) is 0.516. The van der Waals surface area contributed by atoms with E-state index in [1.165, 1.54) is 4.88 Å². The molecule has 0 unspecified atom stereocenters. The van der Waals surface area contributed by atoms with E-state index >= 15 is 0 Å². The van der Waals surface area contributed by atoms with Crippen molar-refractivity contribution >= 4 is 28.1 Å². The van der Waals surface area contributed by atoms with E-state index in [9.17, 15) is 8.78 Å². The average Bonchev–Trinajstić information content (AvgIpc) is 3.02. The SMILES string of the molecule is CCc1cnc(CCNc2nc(C(F)F)nc3ccccc23)s1. The van der Waals surface area contributed by atoms with Crippen LogP contribution in [0.25, 0.3) is 10.9 Å². The first-order chi connectivity index (χ1) is 11.2. The maximum Gasteiger partial charge on any atom is 0.297 e. The molecule has 0 fully saturated rings. The number of thiazole rings is 1. The molecular formula is C16H16F2N4S. The zero-order valence-corrected chi connectivity index (χ0v) is 13.4. The molecule has 3 rings (SSSR count). The van der Waals surface area contributed by atoms with Crippen molar-refractivity contribution in [3.8, 4) is 0 Å². The smallest absolute Gasteiger partial charge is 0.297 e. The Morgan fingerprint density at radius 2 is 2.04 bits per heavy atom. The monoisotopic (exact) mass is 334 g/mol. The first-order valence-corrected chi connectivity index (χ1v) is 8.21. The van der Waals surface area contributed by atoms with Crippen molar-refractivity contribution in [3.05, 3.63) is 46.2 Å². The molecule has 0 bridgehead atoms. The lowest BCUT2D eigenvalue weighted by Crippen LogP contribution is -2.09. The highest BCUT2D eigenvalue weighted by Crippen LogP contribution is 2.24. The Kier molecular flexibility index (Phi) is 4.76. The number of aryl methyl sites for hydroxylation is 1. The van der Waals surface area contributed by atoms with Crippen LogP contribution < -0.4 is 5.32 Å². The molecule has 1 aromatic carbocycles. The summed E-state index contributed by atoms with van der Waals surface area (Å²) in [5.74, 6) is -0.00751. The molecule has 0 radical (unpaired) electrons. The second-order valence-corrected chi connectivity index (χ2v) is 6.20. The number of anilines is 1. The predicted molar refractivity (Wildman–Crippen MR) is 88.2 cm³/mol. The Hall–Kier alpha value is -2.15. The van der Waals surface area contributed by atoms with Gasteiger partial charge in [0.05, 0.1) is 10.5 Å². The standard InChI is InChI=1S/C16H16F2N4S/c1-2-10-9-20-13(23-10)7-8-19-15-11-5-3-4-6-12(11)21-16(22-15)14(17)18/h3-6,9,14H,2,7-8H2,1H3,(H,19,21,22). The molecule has 0 aliphatic heterocycles. The van der Waals surface area contributed by atoms with Gasteiger partial charge in [-0.25, -0.2) is 23.7 Å². The normalized spacial score (nSPS) is 11.3. The van der Waals surface area contributed by atoms with E-state index in [1.807, 2.05) is 18.3 Å². The number of alkyl halides is 2. The van der Waals surface area contributed by atoms with Gasteiger partial charge in [0.1, 0.15) is 5.82 Å². The fourth-order valence-electron chi connectivity index (χ4n) is 2.24. The fourth-order valence-corrected chi connectivity index (χ4v) is 3.10. The minimum atomic E-state index is -2.69. The molecule has 4 nitrogen and oxygen atoms in total. The summed E-state index contributed by atoms with van der Waals surface area (Å²) in [7, 11) is 0. The third-order valence-corrected chi connectivity index (χ3v) is 4.60. The number of rotatable bonds is 6. The second kappa shape index (κ2) is 6.95. The van der Waals surface area contributed by atoms with E-state index in [0.717, 1.165) is 23.2 Å². The summed E-state index contributed by atoms with van der Waals surface area (Å²) in [4.78, 5) is 13.5. The molecule has 2 aromatic heterocycles. The van der Waals surface area contributed by atoms with Crippen molar-refractivity contribution < 1.29 is 8.78 Å². The molecule has 0 amide bonds. The van der Waals surface area contributed by atoms with E-state index in [4.69, 9.17) is 0 Å². The highest BCUT2D eigenvalue weighted by Gasteiger charge is 2.14. The fraction of sp³-hybridized carbons (Fsp3) is 0.312. The van der Waals surface area contributed by atoms with Crippen molar-refractivity contribution in [3.63, 3.8) is 0 Å². The zero-order valence-electron chi connectivity index (χ0n) is 12.6. The van der Waals surface area contributed by atoms with Crippen molar-refractivity contribution in [2.24, 2.45) is 0 Å². The summed E-state index contributed by atoms with van der Waals surface area (Å²) in [6.45, 7) is 2.68. The summed E-state index contributed by atoms with van der Waals surface area (Å²) >= 11 is 1.68. The van der Waals surface area contributed by atoms with E-state index < -0.39 is 12.2 Å². The first kappa shape index (κ1) is 15.7. The lowest BCUT2D eigenvalue weighted by Gasteiger charge is -2.10. The van der Waals surface area contributed by atoms with Crippen LogP contribution in [0.15, 0.2) is 30.5 Å². The number of fused-ring (bicyclic) bond motifs is 1. The summed E-state index contributed by atoms with van der Waals surface area (Å²) in [5, 5.41) is 4.91. The van der Waals surface area contributed by atoms with Crippen LogP contribution in [0.4, 0.5) is 14.6 Å². The highest BCUT2D eigenvalue weighted by molar-refractivity contribution is 7.11. The molecule has 0 atom stereocenters. The van der Waals surface area contributed by atoms with Gasteiger partial charge in [-0.3, -0.25) is 0 Å². The summed E-state index contributed by atoms with van der Waals surface area (Å²) < 4.78 is 25.9.